The zero-order chi connectivity index (χ0) is 20.7. The number of fused-ring (bicyclic) bond motifs is 1. The lowest BCUT2D eigenvalue weighted by molar-refractivity contribution is 0.483. The minimum atomic E-state index is -0.121. The van der Waals surface area contributed by atoms with Crippen molar-refractivity contribution in [3.8, 4) is 22.6 Å². The predicted molar refractivity (Wildman–Crippen MR) is 121 cm³/mol. The molecule has 0 amide bonds. The van der Waals surface area contributed by atoms with Crippen molar-refractivity contribution in [2.45, 2.75) is 13.5 Å². The van der Waals surface area contributed by atoms with Gasteiger partial charge in [0, 0.05) is 14.9 Å². The number of aryl methyl sites for hydroxylation is 1. The van der Waals surface area contributed by atoms with Crippen molar-refractivity contribution >= 4 is 37.5 Å². The molecule has 6 nitrogen and oxygen atoms in total. The maximum atomic E-state index is 13.3. The van der Waals surface area contributed by atoms with E-state index >= 15 is 0 Å². The molecule has 0 aliphatic carbocycles. The molecule has 3 heterocycles. The molecule has 0 spiro atoms. The fourth-order valence-electron chi connectivity index (χ4n) is 3.41. The summed E-state index contributed by atoms with van der Waals surface area (Å²) in [7, 11) is 0. The second kappa shape index (κ2) is 7.62. The van der Waals surface area contributed by atoms with Gasteiger partial charge < -0.3 is 4.42 Å². The Morgan fingerprint density at radius 3 is 2.63 bits per heavy atom. The van der Waals surface area contributed by atoms with Crippen molar-refractivity contribution in [1.29, 1.82) is 0 Å². The highest BCUT2D eigenvalue weighted by Crippen LogP contribution is 2.35. The Morgan fingerprint density at radius 1 is 1.07 bits per heavy atom. The van der Waals surface area contributed by atoms with E-state index in [9.17, 15) is 4.79 Å². The van der Waals surface area contributed by atoms with Crippen molar-refractivity contribution in [1.82, 2.24) is 19.7 Å². The van der Waals surface area contributed by atoms with Gasteiger partial charge in [0.1, 0.15) is 11.4 Å². The predicted octanol–water partition coefficient (Wildman–Crippen LogP) is 5.29. The fraction of sp³-hybridized carbons (Fsp3) is 0.0909. The van der Waals surface area contributed by atoms with Gasteiger partial charge in [0.05, 0.1) is 17.3 Å². The lowest BCUT2D eigenvalue weighted by Crippen LogP contribution is -2.21. The summed E-state index contributed by atoms with van der Waals surface area (Å²) in [6.07, 6.45) is 1.54. The van der Waals surface area contributed by atoms with Gasteiger partial charge >= 0.3 is 0 Å². The van der Waals surface area contributed by atoms with Crippen LogP contribution in [0.5, 0.6) is 0 Å². The number of hydrogen-bond donors (Lipinski definition) is 0. The van der Waals surface area contributed by atoms with Crippen LogP contribution in [0.15, 0.2) is 74.6 Å². The number of rotatable bonds is 4. The summed E-state index contributed by atoms with van der Waals surface area (Å²) >= 11 is 5.01. The van der Waals surface area contributed by atoms with Gasteiger partial charge in [-0.15, -0.1) is 21.5 Å². The average molecular weight is 479 g/mol. The van der Waals surface area contributed by atoms with Gasteiger partial charge in [-0.3, -0.25) is 9.36 Å². The first-order chi connectivity index (χ1) is 14.6. The van der Waals surface area contributed by atoms with Crippen LogP contribution in [0, 0.1) is 6.92 Å². The minimum Gasteiger partial charge on any atom is -0.419 e. The van der Waals surface area contributed by atoms with Crippen LogP contribution in [-0.2, 0) is 6.54 Å². The molecular formula is C22H15BrN4O2S. The molecule has 0 aliphatic rings. The molecule has 0 radical (unpaired) electrons. The summed E-state index contributed by atoms with van der Waals surface area (Å²) in [6.45, 7) is 2.17. The zero-order valence-electron chi connectivity index (χ0n) is 15.9. The second-order valence-corrected chi connectivity index (χ2v) is 8.80. The van der Waals surface area contributed by atoms with E-state index in [0.29, 0.717) is 17.2 Å². The van der Waals surface area contributed by atoms with E-state index in [1.54, 1.807) is 0 Å². The number of aromatic nitrogens is 4. The van der Waals surface area contributed by atoms with Crippen LogP contribution >= 0.6 is 27.3 Å². The molecule has 148 valence electrons. The van der Waals surface area contributed by atoms with Crippen molar-refractivity contribution in [2.24, 2.45) is 0 Å². The van der Waals surface area contributed by atoms with E-state index in [0.717, 1.165) is 30.9 Å². The minimum absolute atomic E-state index is 0.121. The van der Waals surface area contributed by atoms with Crippen LogP contribution < -0.4 is 5.56 Å². The summed E-state index contributed by atoms with van der Waals surface area (Å²) in [4.78, 5) is 19.6. The normalized spacial score (nSPS) is 11.3. The molecule has 5 rings (SSSR count). The summed E-state index contributed by atoms with van der Waals surface area (Å²) < 4.78 is 8.18. The van der Waals surface area contributed by atoms with E-state index < -0.39 is 0 Å². The van der Waals surface area contributed by atoms with Crippen LogP contribution in [-0.4, -0.2) is 19.7 Å². The first-order valence-corrected chi connectivity index (χ1v) is 10.8. The monoisotopic (exact) mass is 478 g/mol. The third-order valence-electron chi connectivity index (χ3n) is 4.79. The number of nitrogens with zero attached hydrogens (tertiary/aromatic N) is 4. The van der Waals surface area contributed by atoms with Gasteiger partial charge in [0.15, 0.2) is 0 Å². The number of hydrogen-bond acceptors (Lipinski definition) is 6. The summed E-state index contributed by atoms with van der Waals surface area (Å²) in [5.41, 5.74) is 2.62. The maximum Gasteiger partial charge on any atom is 0.263 e. The smallest absolute Gasteiger partial charge is 0.263 e. The standard InChI is InChI=1S/C22H15BrN4O2S/c1-13-18(14-7-3-2-4-8-14)19-21(30-13)24-12-27(22(19)28)11-17-25-26-20(29-17)15-9-5-6-10-16(15)23/h2-10,12H,11H2,1H3. The molecule has 0 atom stereocenters. The first-order valence-electron chi connectivity index (χ1n) is 9.23. The van der Waals surface area contributed by atoms with Gasteiger partial charge in [-0.1, -0.05) is 42.5 Å². The largest absolute Gasteiger partial charge is 0.419 e. The Kier molecular flexibility index (Phi) is 4.80. The Labute approximate surface area is 184 Å². The van der Waals surface area contributed by atoms with Crippen LogP contribution in [0.2, 0.25) is 0 Å². The molecule has 0 bridgehead atoms. The van der Waals surface area contributed by atoms with Gasteiger partial charge in [-0.2, -0.15) is 0 Å². The van der Waals surface area contributed by atoms with E-state index in [-0.39, 0.29) is 12.1 Å². The summed E-state index contributed by atoms with van der Waals surface area (Å²) in [5.74, 6) is 0.744. The third kappa shape index (κ3) is 3.28. The molecule has 0 saturated heterocycles. The average Bonchev–Trinajstić information content (AvgIpc) is 3.35. The Bertz CT molecular complexity index is 1420. The molecule has 0 saturated carbocycles. The highest BCUT2D eigenvalue weighted by atomic mass is 79.9. The van der Waals surface area contributed by atoms with Crippen LogP contribution in [0.25, 0.3) is 32.8 Å². The highest BCUT2D eigenvalue weighted by molar-refractivity contribution is 9.10. The van der Waals surface area contributed by atoms with Crippen molar-refractivity contribution in [3.05, 3.63) is 86.5 Å². The SMILES string of the molecule is Cc1sc2ncn(Cc3nnc(-c4ccccc4Br)o3)c(=O)c2c1-c1ccccc1. The number of benzene rings is 2. The molecule has 30 heavy (non-hydrogen) atoms. The molecule has 5 aromatic rings. The first kappa shape index (κ1) is 18.9. The number of thiophene rings is 1. The quantitative estimate of drug-likeness (QED) is 0.350. The molecule has 0 N–H and O–H groups in total. The third-order valence-corrected chi connectivity index (χ3v) is 6.50. The topological polar surface area (TPSA) is 73.8 Å². The summed E-state index contributed by atoms with van der Waals surface area (Å²) in [5, 5.41) is 8.86. The van der Waals surface area contributed by atoms with Crippen LogP contribution in [0.3, 0.4) is 0 Å². The Balaban J connectivity index is 1.56. The fourth-order valence-corrected chi connectivity index (χ4v) is 4.87. The van der Waals surface area contributed by atoms with Crippen molar-refractivity contribution < 1.29 is 4.42 Å². The van der Waals surface area contributed by atoms with Gasteiger partial charge in [-0.25, -0.2) is 4.98 Å². The van der Waals surface area contributed by atoms with Crippen LogP contribution in [0.1, 0.15) is 10.8 Å². The highest BCUT2D eigenvalue weighted by Gasteiger charge is 2.18. The molecule has 0 unspecified atom stereocenters. The van der Waals surface area contributed by atoms with Crippen LogP contribution in [0.4, 0.5) is 0 Å². The molecule has 3 aromatic heterocycles. The molecule has 2 aromatic carbocycles. The number of halogens is 1. The van der Waals surface area contributed by atoms with E-state index in [1.165, 1.54) is 22.2 Å². The van der Waals surface area contributed by atoms with E-state index in [1.807, 2.05) is 61.5 Å². The van der Waals surface area contributed by atoms with E-state index in [2.05, 4.69) is 31.1 Å². The Hall–Kier alpha value is -3.10. The Morgan fingerprint density at radius 2 is 1.83 bits per heavy atom. The lowest BCUT2D eigenvalue weighted by Gasteiger charge is -2.04. The second-order valence-electron chi connectivity index (χ2n) is 6.74. The lowest BCUT2D eigenvalue weighted by atomic mass is 10.0. The van der Waals surface area contributed by atoms with Gasteiger partial charge in [0.2, 0.25) is 11.8 Å². The van der Waals surface area contributed by atoms with Crippen molar-refractivity contribution in [3.63, 3.8) is 0 Å². The molecule has 0 fully saturated rings. The molecule has 8 heteroatoms. The summed E-state index contributed by atoms with van der Waals surface area (Å²) in [6, 6.07) is 17.5. The molecular weight excluding hydrogens is 464 g/mol. The van der Waals surface area contributed by atoms with Gasteiger partial charge in [0.25, 0.3) is 5.56 Å². The van der Waals surface area contributed by atoms with Gasteiger partial charge in [-0.05, 0) is 40.5 Å². The zero-order valence-corrected chi connectivity index (χ0v) is 18.3. The van der Waals surface area contributed by atoms with Crippen molar-refractivity contribution in [2.75, 3.05) is 0 Å². The molecule has 0 aliphatic heterocycles. The van der Waals surface area contributed by atoms with E-state index in [4.69, 9.17) is 4.42 Å². The maximum absolute atomic E-state index is 13.3.